The highest BCUT2D eigenvalue weighted by molar-refractivity contribution is 6.09. The lowest BCUT2D eigenvalue weighted by molar-refractivity contribution is 0.0377. The molecular weight excluding hydrogens is 278 g/mol. The molecule has 4 nitrogen and oxygen atoms in total. The third-order valence-corrected chi connectivity index (χ3v) is 3.45. The second-order valence-corrected chi connectivity index (χ2v) is 6.80. The molecule has 0 aliphatic rings. The van der Waals surface area contributed by atoms with E-state index in [1.165, 1.54) is 6.92 Å². The maximum atomic E-state index is 12.6. The van der Waals surface area contributed by atoms with Crippen LogP contribution < -0.4 is 0 Å². The molecule has 118 valence electrons. The molecule has 22 heavy (non-hydrogen) atoms. The maximum Gasteiger partial charge on any atom is 0.340 e. The van der Waals surface area contributed by atoms with Crippen molar-refractivity contribution in [2.24, 2.45) is 0 Å². The van der Waals surface area contributed by atoms with Crippen LogP contribution in [0.25, 0.3) is 10.9 Å². The summed E-state index contributed by atoms with van der Waals surface area (Å²) in [4.78, 5) is 24.8. The van der Waals surface area contributed by atoms with Crippen LogP contribution in [0.3, 0.4) is 0 Å². The average molecular weight is 301 g/mol. The van der Waals surface area contributed by atoms with E-state index >= 15 is 0 Å². The fourth-order valence-electron chi connectivity index (χ4n) is 2.76. The molecule has 0 radical (unpaired) electrons. The van der Waals surface area contributed by atoms with Crippen molar-refractivity contribution in [1.29, 1.82) is 0 Å². The first kappa shape index (κ1) is 16.3. The van der Waals surface area contributed by atoms with Crippen molar-refractivity contribution in [3.05, 3.63) is 35.5 Å². The average Bonchev–Trinajstić information content (AvgIpc) is 2.72. The lowest BCUT2D eigenvalue weighted by atomic mass is 9.88. The van der Waals surface area contributed by atoms with Crippen LogP contribution in [-0.4, -0.2) is 22.5 Å². The number of ether oxygens (including phenoxy) is 1. The van der Waals surface area contributed by atoms with E-state index in [1.54, 1.807) is 4.57 Å². The molecule has 0 unspecified atom stereocenters. The van der Waals surface area contributed by atoms with Crippen LogP contribution in [0.2, 0.25) is 0 Å². The van der Waals surface area contributed by atoms with Gasteiger partial charge in [-0.05, 0) is 19.9 Å². The molecule has 0 aliphatic heterocycles. The van der Waals surface area contributed by atoms with E-state index in [9.17, 15) is 9.59 Å². The maximum absolute atomic E-state index is 12.6. The molecule has 0 amide bonds. The monoisotopic (exact) mass is 301 g/mol. The van der Waals surface area contributed by atoms with Gasteiger partial charge in [-0.2, -0.15) is 0 Å². The molecule has 0 spiro atoms. The molecule has 1 heterocycles. The topological polar surface area (TPSA) is 48.3 Å². The van der Waals surface area contributed by atoms with Crippen LogP contribution in [0, 0.1) is 0 Å². The molecule has 4 heteroatoms. The number of carbonyl (C=O) groups is 2. The van der Waals surface area contributed by atoms with Gasteiger partial charge in [-0.25, -0.2) is 4.79 Å². The van der Waals surface area contributed by atoms with Crippen molar-refractivity contribution in [2.45, 2.75) is 53.1 Å². The number of rotatable bonds is 2. The minimum absolute atomic E-state index is 0.107. The second-order valence-electron chi connectivity index (χ2n) is 6.80. The first-order valence-electron chi connectivity index (χ1n) is 7.50. The first-order valence-corrected chi connectivity index (χ1v) is 7.50. The molecule has 0 aliphatic carbocycles. The molecule has 0 saturated heterocycles. The van der Waals surface area contributed by atoms with Gasteiger partial charge in [0.1, 0.15) is 0 Å². The van der Waals surface area contributed by atoms with Crippen LogP contribution in [0.5, 0.6) is 0 Å². The normalized spacial score (nSPS) is 12.0. The number of aromatic nitrogens is 1. The molecule has 2 aromatic rings. The van der Waals surface area contributed by atoms with Crippen LogP contribution in [0.15, 0.2) is 24.3 Å². The van der Waals surface area contributed by atoms with Crippen molar-refractivity contribution >= 4 is 22.8 Å². The Labute approximate surface area is 131 Å². The van der Waals surface area contributed by atoms with E-state index in [-0.39, 0.29) is 23.4 Å². The Bertz CT molecular complexity index is 733. The lowest BCUT2D eigenvalue weighted by Crippen LogP contribution is -2.25. The Hall–Kier alpha value is -2.10. The lowest BCUT2D eigenvalue weighted by Gasteiger charge is -2.22. The van der Waals surface area contributed by atoms with Crippen LogP contribution in [0.4, 0.5) is 0 Å². The highest BCUT2D eigenvalue weighted by Gasteiger charge is 2.32. The van der Waals surface area contributed by atoms with Crippen molar-refractivity contribution in [2.75, 3.05) is 0 Å². The highest BCUT2D eigenvalue weighted by atomic mass is 16.5. The Morgan fingerprint density at radius 1 is 1.14 bits per heavy atom. The number of fused-ring (bicyclic) bond motifs is 1. The number of hydrogen-bond donors (Lipinski definition) is 0. The van der Waals surface area contributed by atoms with E-state index in [0.29, 0.717) is 11.3 Å². The van der Waals surface area contributed by atoms with Gasteiger partial charge < -0.3 is 4.74 Å². The SMILES string of the molecule is CC(=O)n1c(C(C)(C)C)c(C(=O)OC(C)C)c2ccccc21. The molecular formula is C18H23NO3. The summed E-state index contributed by atoms with van der Waals surface area (Å²) >= 11 is 0. The Balaban J connectivity index is 2.89. The first-order chi connectivity index (χ1) is 10.1. The largest absolute Gasteiger partial charge is 0.459 e. The van der Waals surface area contributed by atoms with Gasteiger partial charge in [-0.1, -0.05) is 39.0 Å². The minimum atomic E-state index is -0.379. The molecule has 1 aromatic heterocycles. The van der Waals surface area contributed by atoms with Gasteiger partial charge in [0, 0.05) is 23.4 Å². The summed E-state index contributed by atoms with van der Waals surface area (Å²) < 4.78 is 7.04. The zero-order valence-electron chi connectivity index (χ0n) is 14.1. The van der Waals surface area contributed by atoms with E-state index in [0.717, 1.165) is 10.9 Å². The van der Waals surface area contributed by atoms with Crippen LogP contribution in [0.1, 0.15) is 62.4 Å². The third-order valence-electron chi connectivity index (χ3n) is 3.45. The summed E-state index contributed by atoms with van der Waals surface area (Å²) in [6.45, 7) is 11.1. The summed E-state index contributed by atoms with van der Waals surface area (Å²) in [5.74, 6) is -0.485. The van der Waals surface area contributed by atoms with Gasteiger partial charge in [-0.3, -0.25) is 9.36 Å². The third kappa shape index (κ3) is 2.78. The summed E-state index contributed by atoms with van der Waals surface area (Å²) in [6.07, 6.45) is -0.209. The van der Waals surface area contributed by atoms with Gasteiger partial charge in [0.05, 0.1) is 17.2 Å². The molecule has 2 rings (SSSR count). The highest BCUT2D eigenvalue weighted by Crippen LogP contribution is 2.35. The quantitative estimate of drug-likeness (QED) is 0.782. The summed E-state index contributed by atoms with van der Waals surface area (Å²) in [5.41, 5.74) is 1.57. The number of esters is 1. The number of para-hydroxylation sites is 1. The summed E-state index contributed by atoms with van der Waals surface area (Å²) in [5, 5.41) is 0.758. The zero-order valence-corrected chi connectivity index (χ0v) is 14.1. The molecule has 0 bridgehead atoms. The van der Waals surface area contributed by atoms with Crippen molar-refractivity contribution in [1.82, 2.24) is 4.57 Å². The Kier molecular flexibility index (Phi) is 4.14. The zero-order chi connectivity index (χ0) is 16.7. The van der Waals surface area contributed by atoms with Gasteiger partial charge in [0.2, 0.25) is 5.91 Å². The van der Waals surface area contributed by atoms with Gasteiger partial charge in [-0.15, -0.1) is 0 Å². The number of hydrogen-bond acceptors (Lipinski definition) is 3. The second kappa shape index (κ2) is 5.59. The molecule has 0 saturated carbocycles. The molecule has 1 aromatic carbocycles. The van der Waals surface area contributed by atoms with Gasteiger partial charge >= 0.3 is 5.97 Å². The fourth-order valence-corrected chi connectivity index (χ4v) is 2.76. The predicted molar refractivity (Wildman–Crippen MR) is 87.5 cm³/mol. The van der Waals surface area contributed by atoms with Gasteiger partial charge in [0.25, 0.3) is 0 Å². The number of nitrogens with zero attached hydrogens (tertiary/aromatic N) is 1. The minimum Gasteiger partial charge on any atom is -0.459 e. The number of carbonyl (C=O) groups excluding carboxylic acids is 2. The van der Waals surface area contributed by atoms with E-state index in [2.05, 4.69) is 0 Å². The number of benzene rings is 1. The van der Waals surface area contributed by atoms with E-state index in [4.69, 9.17) is 4.74 Å². The standard InChI is InChI=1S/C18H23NO3/c1-11(2)22-17(21)15-13-9-7-8-10-14(13)19(12(3)20)16(15)18(4,5)6/h7-11H,1-6H3. The smallest absolute Gasteiger partial charge is 0.340 e. The van der Waals surface area contributed by atoms with Crippen molar-refractivity contribution in [3.8, 4) is 0 Å². The van der Waals surface area contributed by atoms with Crippen molar-refractivity contribution < 1.29 is 14.3 Å². The Morgan fingerprint density at radius 3 is 2.23 bits per heavy atom. The predicted octanol–water partition coefficient (Wildman–Crippen LogP) is 4.16. The van der Waals surface area contributed by atoms with E-state index in [1.807, 2.05) is 58.9 Å². The van der Waals surface area contributed by atoms with E-state index < -0.39 is 0 Å². The fraction of sp³-hybridized carbons (Fsp3) is 0.444. The molecule has 0 N–H and O–H groups in total. The van der Waals surface area contributed by atoms with Crippen LogP contribution >= 0.6 is 0 Å². The van der Waals surface area contributed by atoms with Gasteiger partial charge in [0.15, 0.2) is 0 Å². The Morgan fingerprint density at radius 2 is 1.73 bits per heavy atom. The summed E-state index contributed by atoms with van der Waals surface area (Å²) in [6, 6.07) is 7.45. The van der Waals surface area contributed by atoms with Crippen molar-refractivity contribution in [3.63, 3.8) is 0 Å². The van der Waals surface area contributed by atoms with Crippen LogP contribution in [-0.2, 0) is 10.2 Å². The molecule has 0 atom stereocenters. The molecule has 0 fully saturated rings. The summed E-state index contributed by atoms with van der Waals surface area (Å²) in [7, 11) is 0.